The lowest BCUT2D eigenvalue weighted by Gasteiger charge is -2.38. The van der Waals surface area contributed by atoms with E-state index in [4.69, 9.17) is 14.2 Å². The number of rotatable bonds is 9. The van der Waals surface area contributed by atoms with Crippen LogP contribution in [0.1, 0.15) is 37.5 Å². The highest BCUT2D eigenvalue weighted by molar-refractivity contribution is 8.00. The van der Waals surface area contributed by atoms with E-state index < -0.39 is 29.4 Å². The lowest BCUT2D eigenvalue weighted by Crippen LogP contribution is -2.53. The molecule has 3 aromatic carbocycles. The number of hydrogen-bond acceptors (Lipinski definition) is 7. The van der Waals surface area contributed by atoms with Crippen molar-refractivity contribution in [2.24, 2.45) is 0 Å². The number of alkyl carbamates (subject to hydrolysis) is 1. The topological polar surface area (TPSA) is 85.9 Å². The number of carbonyl (C=O) groups is 2. The lowest BCUT2D eigenvalue weighted by atomic mass is 9.80. The van der Waals surface area contributed by atoms with Gasteiger partial charge in [0, 0.05) is 5.75 Å². The first-order valence-corrected chi connectivity index (χ1v) is 14.0. The van der Waals surface area contributed by atoms with Crippen molar-refractivity contribution in [3.8, 4) is 0 Å². The molecule has 0 saturated carbocycles. The fraction of sp³-hybridized carbons (Fsp3) is 0.355. The number of ether oxygens (including phenoxy) is 3. The van der Waals surface area contributed by atoms with Crippen LogP contribution in [0.15, 0.2) is 91.0 Å². The quantitative estimate of drug-likeness (QED) is 0.285. The maximum absolute atomic E-state index is 12.9. The van der Waals surface area contributed by atoms with Gasteiger partial charge in [-0.15, -0.1) is 11.8 Å². The Balaban J connectivity index is 1.72. The van der Waals surface area contributed by atoms with Crippen molar-refractivity contribution in [3.63, 3.8) is 0 Å². The van der Waals surface area contributed by atoms with Gasteiger partial charge < -0.3 is 19.5 Å². The molecule has 3 aromatic rings. The molecule has 1 saturated heterocycles. The van der Waals surface area contributed by atoms with Crippen LogP contribution in [0, 0.1) is 0 Å². The number of amides is 1. The molecule has 8 heteroatoms. The van der Waals surface area contributed by atoms with Crippen LogP contribution in [0.2, 0.25) is 0 Å². The minimum atomic E-state index is -0.956. The first-order chi connectivity index (χ1) is 18.7. The summed E-state index contributed by atoms with van der Waals surface area (Å²) < 4.78 is 17.5. The lowest BCUT2D eigenvalue weighted by molar-refractivity contribution is -0.142. The van der Waals surface area contributed by atoms with Gasteiger partial charge in [0.05, 0.1) is 25.1 Å². The van der Waals surface area contributed by atoms with Gasteiger partial charge in [0.15, 0.2) is 0 Å². The third-order valence-corrected chi connectivity index (χ3v) is 7.73. The van der Waals surface area contributed by atoms with Crippen LogP contribution < -0.4 is 10.6 Å². The number of esters is 1. The van der Waals surface area contributed by atoms with Crippen molar-refractivity contribution in [2.45, 2.75) is 49.4 Å². The molecule has 1 aliphatic rings. The average Bonchev–Trinajstić information content (AvgIpc) is 3.43. The summed E-state index contributed by atoms with van der Waals surface area (Å²) in [6.45, 7) is 5.59. The smallest absolute Gasteiger partial charge is 0.408 e. The third kappa shape index (κ3) is 7.01. The number of carbonyl (C=O) groups excluding carboxylic acids is 2. The van der Waals surface area contributed by atoms with Crippen LogP contribution in [-0.2, 0) is 24.6 Å². The zero-order valence-corrected chi connectivity index (χ0v) is 23.6. The Morgan fingerprint density at radius 2 is 1.38 bits per heavy atom. The van der Waals surface area contributed by atoms with Gasteiger partial charge in [0.1, 0.15) is 17.2 Å². The average molecular weight is 549 g/mol. The van der Waals surface area contributed by atoms with E-state index in [9.17, 15) is 9.59 Å². The molecule has 4 rings (SSSR count). The molecule has 1 heterocycles. The second-order valence-electron chi connectivity index (χ2n) is 10.3. The summed E-state index contributed by atoms with van der Waals surface area (Å²) in [5.41, 5.74) is 1.25. The van der Waals surface area contributed by atoms with Crippen LogP contribution in [-0.4, -0.2) is 54.6 Å². The minimum Gasteiger partial charge on any atom is -0.468 e. The minimum absolute atomic E-state index is 0.135. The van der Waals surface area contributed by atoms with Crippen LogP contribution >= 0.6 is 11.8 Å². The van der Waals surface area contributed by atoms with E-state index in [-0.39, 0.29) is 18.0 Å². The van der Waals surface area contributed by atoms with Gasteiger partial charge in [-0.1, -0.05) is 91.0 Å². The molecule has 0 spiro atoms. The summed E-state index contributed by atoms with van der Waals surface area (Å²) in [6.07, 6.45) is -0.551. The molecule has 2 N–H and O–H groups in total. The summed E-state index contributed by atoms with van der Waals surface area (Å²) in [7, 11) is 1.37. The summed E-state index contributed by atoms with van der Waals surface area (Å²) in [5.74, 6) is 0.180. The molecule has 1 aliphatic heterocycles. The first kappa shape index (κ1) is 28.7. The molecule has 0 aliphatic carbocycles. The molecule has 0 aromatic heterocycles. The molecule has 0 bridgehead atoms. The molecule has 1 fully saturated rings. The predicted molar refractivity (Wildman–Crippen MR) is 154 cm³/mol. The summed E-state index contributed by atoms with van der Waals surface area (Å²) in [6, 6.07) is 29.2. The fourth-order valence-electron chi connectivity index (χ4n) is 4.65. The fourth-order valence-corrected chi connectivity index (χ4v) is 5.92. The van der Waals surface area contributed by atoms with Crippen molar-refractivity contribution >= 4 is 23.8 Å². The first-order valence-electron chi connectivity index (χ1n) is 13.0. The predicted octanol–water partition coefficient (Wildman–Crippen LogP) is 5.09. The van der Waals surface area contributed by atoms with Crippen molar-refractivity contribution in [2.75, 3.05) is 19.5 Å². The second kappa shape index (κ2) is 12.7. The monoisotopic (exact) mass is 548 g/mol. The molecule has 1 unspecified atom stereocenters. The molecular formula is C31H36N2O5S. The zero-order chi connectivity index (χ0) is 27.9. The molecular weight excluding hydrogens is 512 g/mol. The van der Waals surface area contributed by atoms with E-state index in [1.165, 1.54) is 18.9 Å². The Morgan fingerprint density at radius 3 is 1.82 bits per heavy atom. The Labute approximate surface area is 234 Å². The Kier molecular flexibility index (Phi) is 9.32. The number of methoxy groups -OCH3 is 1. The van der Waals surface area contributed by atoms with Crippen molar-refractivity contribution < 1.29 is 23.8 Å². The van der Waals surface area contributed by atoms with E-state index in [1.807, 2.05) is 112 Å². The van der Waals surface area contributed by atoms with Crippen LogP contribution in [0.25, 0.3) is 0 Å². The van der Waals surface area contributed by atoms with Gasteiger partial charge in [-0.25, -0.2) is 4.79 Å². The molecule has 0 radical (unpaired) electrons. The van der Waals surface area contributed by atoms with Gasteiger partial charge in [0.25, 0.3) is 0 Å². The van der Waals surface area contributed by atoms with Crippen molar-refractivity contribution in [1.82, 2.24) is 10.6 Å². The molecule has 206 valence electrons. The molecule has 3 atom stereocenters. The summed E-state index contributed by atoms with van der Waals surface area (Å²) >= 11 is 1.54. The van der Waals surface area contributed by atoms with Crippen molar-refractivity contribution in [1.29, 1.82) is 0 Å². The van der Waals surface area contributed by atoms with Crippen LogP contribution in [0.3, 0.4) is 0 Å². The number of hydrogen-bond donors (Lipinski definition) is 2. The van der Waals surface area contributed by atoms with Gasteiger partial charge in [-0.3, -0.25) is 10.1 Å². The SMILES string of the molecule is COC(=O)[C@@H]1CSC([C@H](COC(c2ccccc2)(c2ccccc2)c2ccccc2)NC(=O)OC(C)(C)C)N1. The van der Waals surface area contributed by atoms with Gasteiger partial charge in [0.2, 0.25) is 0 Å². The van der Waals surface area contributed by atoms with Crippen LogP contribution in [0.4, 0.5) is 4.79 Å². The normalized spacial score (nSPS) is 18.3. The highest BCUT2D eigenvalue weighted by Gasteiger charge is 2.41. The Bertz CT molecular complexity index is 1120. The molecule has 39 heavy (non-hydrogen) atoms. The Hall–Kier alpha value is -3.33. The van der Waals surface area contributed by atoms with Gasteiger partial charge in [-0.05, 0) is 37.5 Å². The summed E-state index contributed by atoms with van der Waals surface area (Å²) in [4.78, 5) is 25.1. The molecule has 7 nitrogen and oxygen atoms in total. The van der Waals surface area contributed by atoms with E-state index >= 15 is 0 Å². The Morgan fingerprint density at radius 1 is 0.897 bits per heavy atom. The third-order valence-electron chi connectivity index (χ3n) is 6.38. The van der Waals surface area contributed by atoms with E-state index in [0.717, 1.165) is 16.7 Å². The number of thioether (sulfide) groups is 1. The standard InChI is InChI=1S/C31H36N2O5S/c1-30(2,3)38-29(35)33-25(27-32-26(21-39-27)28(34)36-4)20-37-31(22-14-8-5-9-15-22,23-16-10-6-11-17-23)24-18-12-7-13-19-24/h5-19,25-27,32H,20-21H2,1-4H3,(H,33,35)/t25-,26-,27?/m0/s1. The van der Waals surface area contributed by atoms with E-state index in [2.05, 4.69) is 10.6 Å². The number of benzene rings is 3. The second-order valence-corrected chi connectivity index (χ2v) is 11.5. The highest BCUT2D eigenvalue weighted by atomic mass is 32.2. The van der Waals surface area contributed by atoms with Crippen LogP contribution in [0.5, 0.6) is 0 Å². The van der Waals surface area contributed by atoms with E-state index in [1.54, 1.807) is 0 Å². The zero-order valence-electron chi connectivity index (χ0n) is 22.8. The van der Waals surface area contributed by atoms with Gasteiger partial charge in [-0.2, -0.15) is 0 Å². The van der Waals surface area contributed by atoms with Gasteiger partial charge >= 0.3 is 12.1 Å². The van der Waals surface area contributed by atoms with E-state index in [0.29, 0.717) is 5.75 Å². The molecule has 1 amide bonds. The van der Waals surface area contributed by atoms with Crippen molar-refractivity contribution in [3.05, 3.63) is 108 Å². The number of nitrogens with one attached hydrogen (secondary N) is 2. The largest absolute Gasteiger partial charge is 0.468 e. The summed E-state index contributed by atoms with van der Waals surface area (Å²) in [5, 5.41) is 6.00. The highest BCUT2D eigenvalue weighted by Crippen LogP contribution is 2.41. The maximum Gasteiger partial charge on any atom is 0.408 e. The maximum atomic E-state index is 12.9.